The van der Waals surface area contributed by atoms with Gasteiger partial charge in [0.15, 0.2) is 0 Å². The van der Waals surface area contributed by atoms with Gasteiger partial charge < -0.3 is 0 Å². The summed E-state index contributed by atoms with van der Waals surface area (Å²) in [5, 5.41) is 4.57. The molecule has 124 valence electrons. The van der Waals surface area contributed by atoms with Crippen LogP contribution in [0.1, 0.15) is 13.8 Å². The molecule has 2 aromatic heterocycles. The average molecular weight is 334 g/mol. The van der Waals surface area contributed by atoms with Crippen LogP contribution in [0.4, 0.5) is 0 Å². The minimum Gasteiger partial charge on any atom is -0.293 e. The Bertz CT molecular complexity index is 1210. The zero-order chi connectivity index (χ0) is 18.1. The fourth-order valence-electron chi connectivity index (χ4n) is 3.58. The van der Waals surface area contributed by atoms with Crippen molar-refractivity contribution in [2.24, 2.45) is 0 Å². The van der Waals surface area contributed by atoms with Gasteiger partial charge >= 0.3 is 0 Å². The van der Waals surface area contributed by atoms with E-state index in [-0.39, 0.29) is 0 Å². The summed E-state index contributed by atoms with van der Waals surface area (Å²) in [6.45, 7) is 4.00. The van der Waals surface area contributed by atoms with Crippen LogP contribution in [0.3, 0.4) is 0 Å². The molecule has 0 fully saturated rings. The predicted molar refractivity (Wildman–Crippen MR) is 113 cm³/mol. The van der Waals surface area contributed by atoms with E-state index >= 15 is 0 Å². The lowest BCUT2D eigenvalue weighted by Crippen LogP contribution is -2.05. The molecule has 0 N–H and O–H groups in total. The fraction of sp³-hybridized carbons (Fsp3) is 0.0870. The van der Waals surface area contributed by atoms with E-state index in [0.29, 0.717) is 0 Å². The number of para-hydroxylation sites is 1. The van der Waals surface area contributed by atoms with E-state index in [2.05, 4.69) is 58.1 Å². The molecule has 0 aliphatic carbocycles. The molecule has 0 unspecified atom stereocenters. The Balaban J connectivity index is 0.000000814. The van der Waals surface area contributed by atoms with Crippen molar-refractivity contribution in [3.63, 3.8) is 0 Å². The number of pyridine rings is 1. The van der Waals surface area contributed by atoms with E-state index in [1.54, 1.807) is 0 Å². The van der Waals surface area contributed by atoms with E-state index in [1.165, 1.54) is 5.39 Å². The quantitative estimate of drug-likeness (QED) is 0.388. The highest BCUT2D eigenvalue weighted by molar-refractivity contribution is 6.42. The summed E-state index contributed by atoms with van der Waals surface area (Å²) < 4.78 is 2.23. The molecule has 2 heterocycles. The van der Waals surface area contributed by atoms with Crippen LogP contribution in [0.5, 0.6) is 0 Å². The normalized spacial score (nSPS) is 10.8. The summed E-state index contributed by atoms with van der Waals surface area (Å²) in [7, 11) is 6.34. The van der Waals surface area contributed by atoms with Gasteiger partial charge in [0, 0.05) is 22.4 Å². The third-order valence-electron chi connectivity index (χ3n) is 4.59. The van der Waals surface area contributed by atoms with Gasteiger partial charge in [-0.2, -0.15) is 0 Å². The molecule has 0 spiro atoms. The Kier molecular flexibility index (Phi) is 4.22. The van der Waals surface area contributed by atoms with E-state index in [0.717, 1.165) is 38.5 Å². The van der Waals surface area contributed by atoms with Crippen molar-refractivity contribution in [2.75, 3.05) is 0 Å². The van der Waals surface area contributed by atoms with Gasteiger partial charge in [-0.25, -0.2) is 4.98 Å². The van der Waals surface area contributed by atoms with E-state index in [1.807, 2.05) is 44.3 Å². The molecule has 0 amide bonds. The second kappa shape index (κ2) is 6.68. The molecule has 5 aromatic rings. The van der Waals surface area contributed by atoms with Crippen LogP contribution < -0.4 is 5.46 Å². The number of benzene rings is 3. The van der Waals surface area contributed by atoms with Crippen LogP contribution >= 0.6 is 0 Å². The van der Waals surface area contributed by atoms with Gasteiger partial charge in [0.2, 0.25) is 0 Å². The van der Waals surface area contributed by atoms with E-state index in [9.17, 15) is 0 Å². The zero-order valence-corrected chi connectivity index (χ0v) is 15.0. The average Bonchev–Trinajstić information content (AvgIpc) is 3.05. The Morgan fingerprint density at radius 2 is 1.38 bits per heavy atom. The predicted octanol–water partition coefficient (Wildman–Crippen LogP) is 5.15. The SMILES string of the molecule is CC.[B]c1cc2c3ccccc3n(-c3ccccn3)c2c2ccccc12. The van der Waals surface area contributed by atoms with Gasteiger partial charge in [0.25, 0.3) is 0 Å². The second-order valence-electron chi connectivity index (χ2n) is 5.95. The molecule has 0 aliphatic rings. The van der Waals surface area contributed by atoms with Crippen LogP contribution in [0.25, 0.3) is 38.4 Å². The Morgan fingerprint density at radius 1 is 0.731 bits per heavy atom. The monoisotopic (exact) mass is 334 g/mol. The van der Waals surface area contributed by atoms with Crippen molar-refractivity contribution in [3.05, 3.63) is 79.0 Å². The maximum atomic E-state index is 6.34. The number of fused-ring (bicyclic) bond motifs is 5. The summed E-state index contributed by atoms with van der Waals surface area (Å²) in [6.07, 6.45) is 1.83. The highest BCUT2D eigenvalue weighted by atomic mass is 15.1. The molecule has 0 aliphatic heterocycles. The van der Waals surface area contributed by atoms with Crippen molar-refractivity contribution in [3.8, 4) is 5.82 Å². The Labute approximate surface area is 154 Å². The lowest BCUT2D eigenvalue weighted by molar-refractivity contribution is 1.08. The lowest BCUT2D eigenvalue weighted by Gasteiger charge is -2.10. The molecular weight excluding hydrogens is 315 g/mol. The van der Waals surface area contributed by atoms with Crippen LogP contribution in [0, 0.1) is 0 Å². The third kappa shape index (κ3) is 2.40. The van der Waals surface area contributed by atoms with Gasteiger partial charge in [-0.15, -0.1) is 0 Å². The van der Waals surface area contributed by atoms with Crippen LogP contribution in [0.2, 0.25) is 0 Å². The molecule has 26 heavy (non-hydrogen) atoms. The van der Waals surface area contributed by atoms with Gasteiger partial charge in [0.05, 0.1) is 11.0 Å². The maximum Gasteiger partial charge on any atom is 0.137 e. The first-order valence-corrected chi connectivity index (χ1v) is 8.96. The molecule has 0 saturated carbocycles. The summed E-state index contributed by atoms with van der Waals surface area (Å²) in [5.74, 6) is 0.915. The highest BCUT2D eigenvalue weighted by Crippen LogP contribution is 2.34. The van der Waals surface area contributed by atoms with Gasteiger partial charge in [-0.05, 0) is 23.6 Å². The number of aromatic nitrogens is 2. The molecule has 5 rings (SSSR count). The molecule has 0 atom stereocenters. The molecule has 3 heteroatoms. The molecular formula is C23H19BN2. The summed E-state index contributed by atoms with van der Waals surface area (Å²) in [6, 6.07) is 24.8. The Morgan fingerprint density at radius 3 is 2.12 bits per heavy atom. The number of hydrogen-bond acceptors (Lipinski definition) is 1. The summed E-state index contributed by atoms with van der Waals surface area (Å²) in [4.78, 5) is 4.58. The zero-order valence-electron chi connectivity index (χ0n) is 15.0. The third-order valence-corrected chi connectivity index (χ3v) is 4.59. The standard InChI is InChI=1S/C21H13BN2.C2H6/c22-18-13-17-15-8-3-4-10-19(15)24(20-11-5-6-12-23-20)21(17)16-9-2-1-7-14(16)18;1-2/h1-13H;1-2H3. The Hall–Kier alpha value is -3.07. The van der Waals surface area contributed by atoms with E-state index in [4.69, 9.17) is 7.85 Å². The molecule has 0 saturated heterocycles. The minimum absolute atomic E-state index is 0.807. The first-order valence-electron chi connectivity index (χ1n) is 8.96. The minimum atomic E-state index is 0.807. The molecule has 3 aromatic carbocycles. The van der Waals surface area contributed by atoms with Crippen LogP contribution in [0.15, 0.2) is 79.0 Å². The van der Waals surface area contributed by atoms with Crippen molar-refractivity contribution in [1.29, 1.82) is 0 Å². The number of rotatable bonds is 1. The lowest BCUT2D eigenvalue weighted by atomic mass is 9.88. The maximum absolute atomic E-state index is 6.34. The second-order valence-corrected chi connectivity index (χ2v) is 5.95. The number of nitrogens with zero attached hydrogens (tertiary/aromatic N) is 2. The van der Waals surface area contributed by atoms with Crippen LogP contribution in [-0.2, 0) is 0 Å². The first kappa shape index (κ1) is 16.4. The largest absolute Gasteiger partial charge is 0.293 e. The van der Waals surface area contributed by atoms with Crippen molar-refractivity contribution >= 4 is 45.9 Å². The van der Waals surface area contributed by atoms with E-state index < -0.39 is 0 Å². The van der Waals surface area contributed by atoms with Crippen molar-refractivity contribution < 1.29 is 0 Å². The smallest absolute Gasteiger partial charge is 0.137 e. The number of hydrogen-bond donors (Lipinski definition) is 0. The molecule has 0 bridgehead atoms. The molecule has 2 radical (unpaired) electrons. The van der Waals surface area contributed by atoms with Gasteiger partial charge in [-0.1, -0.05) is 73.9 Å². The van der Waals surface area contributed by atoms with Crippen LogP contribution in [-0.4, -0.2) is 17.4 Å². The summed E-state index contributed by atoms with van der Waals surface area (Å²) in [5.41, 5.74) is 3.10. The van der Waals surface area contributed by atoms with Crippen molar-refractivity contribution in [2.45, 2.75) is 13.8 Å². The van der Waals surface area contributed by atoms with Gasteiger partial charge in [-0.3, -0.25) is 4.57 Å². The highest BCUT2D eigenvalue weighted by Gasteiger charge is 2.15. The topological polar surface area (TPSA) is 17.8 Å². The van der Waals surface area contributed by atoms with Gasteiger partial charge in [0.1, 0.15) is 13.7 Å². The molecule has 2 nitrogen and oxygen atoms in total. The first-order chi connectivity index (χ1) is 12.8. The van der Waals surface area contributed by atoms with Crippen molar-refractivity contribution in [1.82, 2.24) is 9.55 Å². The fourth-order valence-corrected chi connectivity index (χ4v) is 3.58. The summed E-state index contributed by atoms with van der Waals surface area (Å²) >= 11 is 0.